The molecule has 0 aromatic carbocycles. The molecule has 0 amide bonds. The molecule has 0 aromatic heterocycles. The Morgan fingerprint density at radius 3 is 0.795 bits per heavy atom. The van der Waals surface area contributed by atoms with Gasteiger partial charge in [-0.25, -0.2) is 0 Å². The highest BCUT2D eigenvalue weighted by Crippen LogP contribution is 2.17. The van der Waals surface area contributed by atoms with E-state index in [0.717, 1.165) is 89.9 Å². The molecular formula is C67H122O6. The highest BCUT2D eigenvalue weighted by molar-refractivity contribution is 5.71. The van der Waals surface area contributed by atoms with Gasteiger partial charge in [-0.3, -0.25) is 14.4 Å². The molecule has 6 nitrogen and oxygen atoms in total. The SMILES string of the molecule is CCCC/C=C\C/C=C\CCCCCCCC(=O)OC(COC(=O)CCCCCCCCCCCC)COC(=O)CCCCCCCCCCCCCCCCCCCCC/C=C\C/C=C\CCCCCCC. The maximum absolute atomic E-state index is 12.8. The van der Waals surface area contributed by atoms with Crippen LogP contribution in [0.15, 0.2) is 48.6 Å². The summed E-state index contributed by atoms with van der Waals surface area (Å²) in [5, 5.41) is 0. The van der Waals surface area contributed by atoms with Gasteiger partial charge in [0, 0.05) is 19.3 Å². The predicted octanol–water partition coefficient (Wildman–Crippen LogP) is 21.8. The van der Waals surface area contributed by atoms with Crippen LogP contribution in [-0.2, 0) is 28.6 Å². The first kappa shape index (κ1) is 70.4. The number of unbranched alkanes of at least 4 members (excludes halogenated alkanes) is 40. The number of esters is 3. The van der Waals surface area contributed by atoms with Gasteiger partial charge in [0.25, 0.3) is 0 Å². The number of hydrogen-bond acceptors (Lipinski definition) is 6. The lowest BCUT2D eigenvalue weighted by Gasteiger charge is -2.18. The van der Waals surface area contributed by atoms with E-state index in [9.17, 15) is 14.4 Å². The number of rotatable bonds is 59. The van der Waals surface area contributed by atoms with Crippen molar-refractivity contribution in [2.24, 2.45) is 0 Å². The average molecular weight is 1020 g/mol. The van der Waals surface area contributed by atoms with Gasteiger partial charge in [0.2, 0.25) is 0 Å². The lowest BCUT2D eigenvalue weighted by Crippen LogP contribution is -2.30. The number of carbonyl (C=O) groups is 3. The summed E-state index contributed by atoms with van der Waals surface area (Å²) in [6.07, 6.45) is 77.1. The Balaban J connectivity index is 4.07. The van der Waals surface area contributed by atoms with E-state index in [1.165, 1.54) is 212 Å². The van der Waals surface area contributed by atoms with Crippen LogP contribution in [0, 0.1) is 0 Å². The smallest absolute Gasteiger partial charge is 0.306 e. The van der Waals surface area contributed by atoms with Gasteiger partial charge in [-0.1, -0.05) is 294 Å². The fraction of sp³-hybridized carbons (Fsp3) is 0.836. The summed E-state index contributed by atoms with van der Waals surface area (Å²) in [4.78, 5) is 38.1. The second-order valence-electron chi connectivity index (χ2n) is 21.7. The third kappa shape index (κ3) is 60.1. The lowest BCUT2D eigenvalue weighted by molar-refractivity contribution is -0.167. The van der Waals surface area contributed by atoms with Crippen LogP contribution in [0.25, 0.3) is 0 Å². The van der Waals surface area contributed by atoms with Crippen molar-refractivity contribution in [2.75, 3.05) is 13.2 Å². The fourth-order valence-corrected chi connectivity index (χ4v) is 9.43. The number of allylic oxidation sites excluding steroid dienone is 8. The average Bonchev–Trinajstić information content (AvgIpc) is 3.39. The minimum atomic E-state index is -0.776. The Kier molecular flexibility index (Phi) is 59.7. The van der Waals surface area contributed by atoms with Crippen LogP contribution in [0.4, 0.5) is 0 Å². The van der Waals surface area contributed by atoms with E-state index in [1.807, 2.05) is 0 Å². The highest BCUT2D eigenvalue weighted by Gasteiger charge is 2.19. The summed E-state index contributed by atoms with van der Waals surface area (Å²) in [6.45, 7) is 6.60. The van der Waals surface area contributed by atoms with Crippen molar-refractivity contribution in [3.8, 4) is 0 Å². The van der Waals surface area contributed by atoms with Gasteiger partial charge in [0.15, 0.2) is 6.10 Å². The van der Waals surface area contributed by atoms with Gasteiger partial charge < -0.3 is 14.2 Å². The quantitative estimate of drug-likeness (QED) is 0.0261. The van der Waals surface area contributed by atoms with Crippen LogP contribution in [0.1, 0.15) is 342 Å². The van der Waals surface area contributed by atoms with E-state index < -0.39 is 6.10 Å². The standard InChI is InChI=1S/C67H122O6/c1-4-7-10-13-16-19-22-24-26-27-28-29-30-31-32-33-34-35-36-37-38-39-40-41-42-44-45-48-51-54-57-60-66(69)72-63-64(62-71-65(68)59-56-53-50-47-21-18-15-12-9-6-3)73-67(70)61-58-55-52-49-46-43-25-23-20-17-14-11-8-5-2/h14,17,22-25,27-28,64H,4-13,15-16,18-21,26,29-63H2,1-3H3/b17-14-,24-22-,25-23-,28-27-. The largest absolute Gasteiger partial charge is 0.462 e. The van der Waals surface area contributed by atoms with Gasteiger partial charge >= 0.3 is 17.9 Å². The van der Waals surface area contributed by atoms with Gasteiger partial charge in [-0.2, -0.15) is 0 Å². The van der Waals surface area contributed by atoms with Crippen LogP contribution < -0.4 is 0 Å². The number of ether oxygens (including phenoxy) is 3. The summed E-state index contributed by atoms with van der Waals surface area (Å²) >= 11 is 0. The topological polar surface area (TPSA) is 78.9 Å². The zero-order valence-electron chi connectivity index (χ0n) is 48.9. The molecule has 0 saturated carbocycles. The summed E-state index contributed by atoms with van der Waals surface area (Å²) < 4.78 is 16.9. The first-order valence-electron chi connectivity index (χ1n) is 32.1. The summed E-state index contributed by atoms with van der Waals surface area (Å²) in [6, 6.07) is 0. The minimum absolute atomic E-state index is 0.0744. The Bertz CT molecular complexity index is 1270. The van der Waals surface area contributed by atoms with Crippen LogP contribution in [0.3, 0.4) is 0 Å². The summed E-state index contributed by atoms with van der Waals surface area (Å²) in [5.74, 6) is -0.873. The van der Waals surface area contributed by atoms with Crippen molar-refractivity contribution in [2.45, 2.75) is 348 Å². The molecule has 426 valence electrons. The van der Waals surface area contributed by atoms with E-state index >= 15 is 0 Å². The molecule has 0 saturated heterocycles. The molecule has 0 N–H and O–H groups in total. The Morgan fingerprint density at radius 1 is 0.274 bits per heavy atom. The Hall–Kier alpha value is -2.63. The van der Waals surface area contributed by atoms with E-state index in [4.69, 9.17) is 14.2 Å². The minimum Gasteiger partial charge on any atom is -0.462 e. The van der Waals surface area contributed by atoms with E-state index in [2.05, 4.69) is 69.4 Å². The maximum atomic E-state index is 12.8. The molecule has 1 unspecified atom stereocenters. The van der Waals surface area contributed by atoms with Crippen LogP contribution in [0.5, 0.6) is 0 Å². The molecule has 0 aliphatic rings. The van der Waals surface area contributed by atoms with Crippen molar-refractivity contribution < 1.29 is 28.6 Å². The number of carbonyl (C=O) groups excluding carboxylic acids is 3. The van der Waals surface area contributed by atoms with Gasteiger partial charge in [0.05, 0.1) is 0 Å². The van der Waals surface area contributed by atoms with Crippen molar-refractivity contribution in [3.05, 3.63) is 48.6 Å². The van der Waals surface area contributed by atoms with Crippen LogP contribution in [0.2, 0.25) is 0 Å². The normalized spacial score (nSPS) is 12.3. The molecule has 0 aromatic rings. The van der Waals surface area contributed by atoms with E-state index in [-0.39, 0.29) is 31.1 Å². The highest BCUT2D eigenvalue weighted by atomic mass is 16.6. The molecule has 0 radical (unpaired) electrons. The molecule has 0 heterocycles. The van der Waals surface area contributed by atoms with Crippen LogP contribution in [-0.4, -0.2) is 37.2 Å². The second kappa shape index (κ2) is 61.9. The third-order valence-corrected chi connectivity index (χ3v) is 14.3. The molecule has 73 heavy (non-hydrogen) atoms. The molecule has 0 fully saturated rings. The van der Waals surface area contributed by atoms with E-state index in [0.29, 0.717) is 19.3 Å². The second-order valence-corrected chi connectivity index (χ2v) is 21.7. The molecule has 1 atom stereocenters. The van der Waals surface area contributed by atoms with Gasteiger partial charge in [-0.15, -0.1) is 0 Å². The summed E-state index contributed by atoms with van der Waals surface area (Å²) in [5.41, 5.74) is 0. The fourth-order valence-electron chi connectivity index (χ4n) is 9.43. The van der Waals surface area contributed by atoms with Gasteiger partial charge in [-0.05, 0) is 77.0 Å². The molecule has 6 heteroatoms. The molecule has 0 aliphatic carbocycles. The maximum Gasteiger partial charge on any atom is 0.306 e. The third-order valence-electron chi connectivity index (χ3n) is 14.3. The van der Waals surface area contributed by atoms with Gasteiger partial charge in [0.1, 0.15) is 13.2 Å². The first-order valence-corrected chi connectivity index (χ1v) is 32.1. The molecule has 0 rings (SSSR count). The van der Waals surface area contributed by atoms with Crippen molar-refractivity contribution in [1.82, 2.24) is 0 Å². The van der Waals surface area contributed by atoms with E-state index in [1.54, 1.807) is 0 Å². The molecule has 0 bridgehead atoms. The predicted molar refractivity (Wildman–Crippen MR) is 316 cm³/mol. The molecule has 0 spiro atoms. The summed E-state index contributed by atoms with van der Waals surface area (Å²) in [7, 11) is 0. The molecular weight excluding hydrogens is 901 g/mol. The first-order chi connectivity index (χ1) is 36.0. The Morgan fingerprint density at radius 2 is 0.507 bits per heavy atom. The van der Waals surface area contributed by atoms with Crippen molar-refractivity contribution in [1.29, 1.82) is 0 Å². The van der Waals surface area contributed by atoms with Crippen LogP contribution >= 0.6 is 0 Å². The number of hydrogen-bond donors (Lipinski definition) is 0. The van der Waals surface area contributed by atoms with Crippen molar-refractivity contribution >= 4 is 17.9 Å². The zero-order valence-corrected chi connectivity index (χ0v) is 48.9. The molecule has 0 aliphatic heterocycles. The zero-order chi connectivity index (χ0) is 52.9. The monoisotopic (exact) mass is 1020 g/mol. The Labute approximate surface area is 454 Å². The lowest BCUT2D eigenvalue weighted by atomic mass is 10.0. The van der Waals surface area contributed by atoms with Crippen molar-refractivity contribution in [3.63, 3.8) is 0 Å².